The lowest BCUT2D eigenvalue weighted by Gasteiger charge is -2.12. The molecule has 1 amide bonds. The summed E-state index contributed by atoms with van der Waals surface area (Å²) in [6.45, 7) is 0.193. The van der Waals surface area contributed by atoms with Crippen molar-refractivity contribution in [3.8, 4) is 11.3 Å². The van der Waals surface area contributed by atoms with Crippen molar-refractivity contribution in [2.45, 2.75) is 6.54 Å². The van der Waals surface area contributed by atoms with E-state index in [1.165, 1.54) is 12.1 Å². The lowest BCUT2D eigenvalue weighted by molar-refractivity contribution is 0.102. The topological polar surface area (TPSA) is 110 Å². The van der Waals surface area contributed by atoms with E-state index in [1.807, 2.05) is 60.7 Å². The first-order chi connectivity index (χ1) is 20.1. The molecule has 41 heavy (non-hydrogen) atoms. The molecule has 3 aromatic heterocycles. The number of halogens is 1. The molecule has 200 valence electrons. The number of rotatable bonds is 6. The Balaban J connectivity index is 1.23. The fraction of sp³-hybridized carbons (Fsp3) is 0.0312. The summed E-state index contributed by atoms with van der Waals surface area (Å²) in [4.78, 5) is 17.7. The second-order valence-electron chi connectivity index (χ2n) is 9.59. The summed E-state index contributed by atoms with van der Waals surface area (Å²) in [6.07, 6.45) is 1.70. The standard InChI is InChI=1S/C32H23FN6O2/c33-27-15-19(18-34)11-12-25(27)31(40)36-20-5-3-6-21(16-20)37-32-38-28(17-22-13-14-35-39(22)32)26-9-4-8-24-23-7-1-2-10-29(23)41-30(24)26/h1-17H,18,34H2,(H,36,40)(H,37,38). The molecule has 4 N–H and O–H groups in total. The van der Waals surface area contributed by atoms with Crippen LogP contribution in [0.4, 0.5) is 21.7 Å². The molecule has 0 saturated heterocycles. The largest absolute Gasteiger partial charge is 0.455 e. The fourth-order valence-corrected chi connectivity index (χ4v) is 4.97. The van der Waals surface area contributed by atoms with Gasteiger partial charge in [0.05, 0.1) is 23.0 Å². The number of hydrogen-bond donors (Lipinski definition) is 3. The molecule has 0 aliphatic rings. The predicted octanol–water partition coefficient (Wildman–Crippen LogP) is 6.89. The Kier molecular flexibility index (Phi) is 5.91. The van der Waals surface area contributed by atoms with Crippen LogP contribution < -0.4 is 16.4 Å². The number of carbonyl (C=O) groups excluding carboxylic acids is 1. The highest BCUT2D eigenvalue weighted by molar-refractivity contribution is 6.09. The second kappa shape index (κ2) is 9.89. The molecule has 8 nitrogen and oxygen atoms in total. The van der Waals surface area contributed by atoms with Gasteiger partial charge in [-0.3, -0.25) is 4.79 Å². The van der Waals surface area contributed by atoms with E-state index in [9.17, 15) is 9.18 Å². The van der Waals surface area contributed by atoms with Crippen LogP contribution in [0, 0.1) is 5.82 Å². The molecule has 7 aromatic rings. The molecule has 7 rings (SSSR count). The Morgan fingerprint density at radius 1 is 0.902 bits per heavy atom. The van der Waals surface area contributed by atoms with Gasteiger partial charge < -0.3 is 20.8 Å². The van der Waals surface area contributed by atoms with E-state index in [0.29, 0.717) is 28.6 Å². The SMILES string of the molecule is NCc1ccc(C(=O)Nc2cccc(Nc3nc(-c4cccc5c4oc4ccccc45)cc4ccnn34)c2)c(F)c1. The van der Waals surface area contributed by atoms with Crippen molar-refractivity contribution < 1.29 is 13.6 Å². The number of para-hydroxylation sites is 2. The summed E-state index contributed by atoms with van der Waals surface area (Å²) in [5, 5.41) is 12.6. The van der Waals surface area contributed by atoms with Crippen molar-refractivity contribution in [2.75, 3.05) is 10.6 Å². The fourth-order valence-electron chi connectivity index (χ4n) is 4.97. The number of furan rings is 1. The predicted molar refractivity (Wildman–Crippen MR) is 158 cm³/mol. The van der Waals surface area contributed by atoms with Gasteiger partial charge >= 0.3 is 0 Å². The molecule has 0 aliphatic carbocycles. The first-order valence-corrected chi connectivity index (χ1v) is 13.0. The summed E-state index contributed by atoms with van der Waals surface area (Å²) in [5.41, 5.74) is 11.2. The second-order valence-corrected chi connectivity index (χ2v) is 9.59. The zero-order valence-electron chi connectivity index (χ0n) is 21.6. The Labute approximate surface area is 233 Å². The van der Waals surface area contributed by atoms with Crippen molar-refractivity contribution in [1.29, 1.82) is 0 Å². The molecule has 0 atom stereocenters. The van der Waals surface area contributed by atoms with Gasteiger partial charge in [0.25, 0.3) is 5.91 Å². The van der Waals surface area contributed by atoms with Gasteiger partial charge in [0.1, 0.15) is 17.0 Å². The molecule has 0 unspecified atom stereocenters. The van der Waals surface area contributed by atoms with Crippen LogP contribution in [0.2, 0.25) is 0 Å². The maximum atomic E-state index is 14.5. The average molecular weight is 543 g/mol. The van der Waals surface area contributed by atoms with Crippen LogP contribution in [0.25, 0.3) is 38.7 Å². The van der Waals surface area contributed by atoms with Crippen LogP contribution >= 0.6 is 0 Å². The monoisotopic (exact) mass is 542 g/mol. The first kappa shape index (κ1) is 24.5. The number of benzene rings is 4. The van der Waals surface area contributed by atoms with Gasteiger partial charge in [0.15, 0.2) is 0 Å². The van der Waals surface area contributed by atoms with E-state index in [4.69, 9.17) is 15.1 Å². The van der Waals surface area contributed by atoms with E-state index in [1.54, 1.807) is 35.0 Å². The van der Waals surface area contributed by atoms with Gasteiger partial charge in [-0.1, -0.05) is 42.5 Å². The molecular weight excluding hydrogens is 519 g/mol. The third-order valence-corrected chi connectivity index (χ3v) is 6.95. The Morgan fingerprint density at radius 2 is 1.73 bits per heavy atom. The number of aromatic nitrogens is 3. The molecule has 4 aromatic carbocycles. The van der Waals surface area contributed by atoms with Crippen molar-refractivity contribution in [1.82, 2.24) is 14.6 Å². The van der Waals surface area contributed by atoms with Crippen LogP contribution in [0.1, 0.15) is 15.9 Å². The van der Waals surface area contributed by atoms with Crippen LogP contribution in [0.5, 0.6) is 0 Å². The van der Waals surface area contributed by atoms with E-state index in [-0.39, 0.29) is 12.1 Å². The van der Waals surface area contributed by atoms with Crippen LogP contribution in [0.3, 0.4) is 0 Å². The van der Waals surface area contributed by atoms with Crippen molar-refractivity contribution in [3.05, 3.63) is 120 Å². The summed E-state index contributed by atoms with van der Waals surface area (Å²) in [7, 11) is 0. The van der Waals surface area contributed by atoms with Gasteiger partial charge in [0, 0.05) is 34.3 Å². The van der Waals surface area contributed by atoms with Gasteiger partial charge in [-0.05, 0) is 60.2 Å². The van der Waals surface area contributed by atoms with Crippen molar-refractivity contribution in [2.24, 2.45) is 5.73 Å². The number of nitrogens with zero attached hydrogens (tertiary/aromatic N) is 3. The maximum absolute atomic E-state index is 14.5. The van der Waals surface area contributed by atoms with Crippen LogP contribution in [-0.2, 0) is 6.54 Å². The van der Waals surface area contributed by atoms with Gasteiger partial charge in [-0.25, -0.2) is 13.9 Å². The molecule has 0 spiro atoms. The Morgan fingerprint density at radius 3 is 2.61 bits per heavy atom. The van der Waals surface area contributed by atoms with E-state index >= 15 is 0 Å². The van der Waals surface area contributed by atoms with Crippen molar-refractivity contribution in [3.63, 3.8) is 0 Å². The highest BCUT2D eigenvalue weighted by atomic mass is 19.1. The van der Waals surface area contributed by atoms with Crippen LogP contribution in [-0.4, -0.2) is 20.5 Å². The molecule has 0 fully saturated rings. The van der Waals surface area contributed by atoms with Gasteiger partial charge in [-0.2, -0.15) is 5.10 Å². The minimum absolute atomic E-state index is 0.0621. The number of fused-ring (bicyclic) bond motifs is 4. The Bertz CT molecular complexity index is 2100. The molecule has 0 bridgehead atoms. The van der Waals surface area contributed by atoms with Gasteiger partial charge in [0.2, 0.25) is 5.95 Å². The number of amides is 1. The quantitative estimate of drug-likeness (QED) is 0.211. The zero-order chi connectivity index (χ0) is 27.9. The third-order valence-electron chi connectivity index (χ3n) is 6.95. The van der Waals surface area contributed by atoms with Gasteiger partial charge in [-0.15, -0.1) is 0 Å². The number of anilines is 3. The molecule has 0 radical (unpaired) electrons. The maximum Gasteiger partial charge on any atom is 0.258 e. The lowest BCUT2D eigenvalue weighted by atomic mass is 10.1. The first-order valence-electron chi connectivity index (χ1n) is 13.0. The summed E-state index contributed by atoms with van der Waals surface area (Å²) >= 11 is 0. The normalized spacial score (nSPS) is 11.4. The molecule has 9 heteroatoms. The molecular formula is C32H23FN6O2. The number of hydrogen-bond acceptors (Lipinski definition) is 6. The number of carbonyl (C=O) groups is 1. The highest BCUT2D eigenvalue weighted by Gasteiger charge is 2.16. The minimum Gasteiger partial charge on any atom is -0.455 e. The smallest absolute Gasteiger partial charge is 0.258 e. The average Bonchev–Trinajstić information content (AvgIpc) is 3.62. The molecule has 0 aliphatic heterocycles. The van der Waals surface area contributed by atoms with Crippen molar-refractivity contribution >= 4 is 50.7 Å². The zero-order valence-corrected chi connectivity index (χ0v) is 21.6. The van der Waals surface area contributed by atoms with E-state index in [0.717, 1.165) is 33.0 Å². The number of nitrogens with one attached hydrogen (secondary N) is 2. The minimum atomic E-state index is -0.624. The highest BCUT2D eigenvalue weighted by Crippen LogP contribution is 2.36. The summed E-state index contributed by atoms with van der Waals surface area (Å²) < 4.78 is 22.4. The number of nitrogens with two attached hydrogens (primary N) is 1. The lowest BCUT2D eigenvalue weighted by Crippen LogP contribution is -2.14. The summed E-state index contributed by atoms with van der Waals surface area (Å²) in [6, 6.07) is 29.3. The Hall–Kier alpha value is -5.54. The third kappa shape index (κ3) is 4.44. The van der Waals surface area contributed by atoms with E-state index in [2.05, 4.69) is 15.7 Å². The van der Waals surface area contributed by atoms with Crippen LogP contribution in [0.15, 0.2) is 108 Å². The molecule has 3 heterocycles. The molecule has 0 saturated carbocycles. The van der Waals surface area contributed by atoms with E-state index < -0.39 is 11.7 Å². The summed E-state index contributed by atoms with van der Waals surface area (Å²) in [5.74, 6) is -0.708.